The fourth-order valence-corrected chi connectivity index (χ4v) is 5.13. The first kappa shape index (κ1) is 27.4. The van der Waals surface area contributed by atoms with E-state index in [0.717, 1.165) is 17.3 Å². The molecule has 0 N–H and O–H groups in total. The van der Waals surface area contributed by atoms with Crippen LogP contribution in [0.15, 0.2) is 76.3 Å². The number of carbonyl (C=O) groups is 1. The van der Waals surface area contributed by atoms with Crippen molar-refractivity contribution in [1.82, 2.24) is 13.5 Å². The Morgan fingerprint density at radius 1 is 1.02 bits per heavy atom. The van der Waals surface area contributed by atoms with E-state index < -0.39 is 23.1 Å². The molecular formula is C28H19ClF3N3O4S. The summed E-state index contributed by atoms with van der Waals surface area (Å²) in [5, 5.41) is 1.14. The highest BCUT2D eigenvalue weighted by Gasteiger charge is 2.35. The zero-order valence-corrected chi connectivity index (χ0v) is 22.5. The van der Waals surface area contributed by atoms with Crippen LogP contribution < -0.4 is 16.0 Å². The number of ketones is 1. The van der Waals surface area contributed by atoms with Gasteiger partial charge >= 0.3 is 11.9 Å². The molecule has 40 heavy (non-hydrogen) atoms. The molecule has 0 saturated heterocycles. The lowest BCUT2D eigenvalue weighted by molar-refractivity contribution is -0.144. The molecule has 5 rings (SSSR count). The standard InChI is InChI=1S/C28H19ClF3N3O4S/c1-15-11-17(5-9-22(15)39-14-21(36)16-3-6-18(29)7-4-16)26-20-12-19(8-10-23(20)40-33-26)35-25(37)13-24(28(30,31)32)34(2)27(35)38/h3-13H,14H2,1-2H3. The summed E-state index contributed by atoms with van der Waals surface area (Å²) < 4.78 is 51.8. The van der Waals surface area contributed by atoms with Gasteiger partial charge in [-0.25, -0.2) is 9.36 Å². The van der Waals surface area contributed by atoms with Crippen molar-refractivity contribution in [3.8, 4) is 22.7 Å². The van der Waals surface area contributed by atoms with E-state index in [1.165, 1.54) is 17.6 Å². The molecule has 3 aromatic carbocycles. The van der Waals surface area contributed by atoms with Crippen LogP contribution in [0.4, 0.5) is 13.2 Å². The zero-order chi connectivity index (χ0) is 28.8. The van der Waals surface area contributed by atoms with E-state index in [1.54, 1.807) is 48.5 Å². The first-order valence-electron chi connectivity index (χ1n) is 11.8. The summed E-state index contributed by atoms with van der Waals surface area (Å²) in [5.41, 5.74) is -0.928. The number of fused-ring (bicyclic) bond motifs is 1. The summed E-state index contributed by atoms with van der Waals surface area (Å²) in [6, 6.07) is 16.9. The van der Waals surface area contributed by atoms with Gasteiger partial charge in [0.05, 0.1) is 16.1 Å². The fourth-order valence-electron chi connectivity index (χ4n) is 4.23. The van der Waals surface area contributed by atoms with Gasteiger partial charge in [0.1, 0.15) is 11.4 Å². The molecule has 0 fully saturated rings. The molecule has 0 spiro atoms. The third-order valence-electron chi connectivity index (χ3n) is 6.30. The number of alkyl halides is 3. The van der Waals surface area contributed by atoms with Gasteiger partial charge in [-0.3, -0.25) is 14.2 Å². The predicted octanol–water partition coefficient (Wildman–Crippen LogP) is 6.06. The van der Waals surface area contributed by atoms with E-state index in [2.05, 4.69) is 4.37 Å². The molecule has 0 unspecified atom stereocenters. The van der Waals surface area contributed by atoms with E-state index in [4.69, 9.17) is 16.3 Å². The molecule has 0 saturated carbocycles. The van der Waals surface area contributed by atoms with Crippen molar-refractivity contribution in [1.29, 1.82) is 0 Å². The lowest BCUT2D eigenvalue weighted by atomic mass is 10.0. The van der Waals surface area contributed by atoms with E-state index in [9.17, 15) is 27.6 Å². The normalized spacial score (nSPS) is 11.7. The third-order valence-corrected chi connectivity index (χ3v) is 7.37. The Bertz CT molecular complexity index is 1890. The quantitative estimate of drug-likeness (QED) is 0.226. The van der Waals surface area contributed by atoms with Crippen molar-refractivity contribution in [2.75, 3.05) is 6.61 Å². The molecule has 12 heteroatoms. The number of Topliss-reactive ketones (excluding diaryl/α,β-unsaturated/α-hetero) is 1. The smallest absolute Gasteiger partial charge is 0.431 e. The second kappa shape index (κ2) is 10.4. The van der Waals surface area contributed by atoms with Gasteiger partial charge in [0.15, 0.2) is 12.4 Å². The number of carbonyl (C=O) groups excluding carboxylic acids is 1. The number of hydrogen-bond acceptors (Lipinski definition) is 6. The Morgan fingerprint density at radius 3 is 2.42 bits per heavy atom. The van der Waals surface area contributed by atoms with E-state index in [0.29, 0.717) is 48.2 Å². The molecule has 204 valence electrons. The molecule has 0 radical (unpaired) electrons. The highest BCUT2D eigenvalue weighted by molar-refractivity contribution is 7.13. The molecule has 5 aromatic rings. The molecule has 0 atom stereocenters. The summed E-state index contributed by atoms with van der Waals surface area (Å²) in [6.07, 6.45) is -4.85. The fraction of sp³-hybridized carbons (Fsp3) is 0.143. The maximum atomic E-state index is 13.2. The minimum atomic E-state index is -4.85. The molecule has 0 amide bonds. The summed E-state index contributed by atoms with van der Waals surface area (Å²) in [5.74, 6) is 0.300. The molecule has 7 nitrogen and oxygen atoms in total. The SMILES string of the molecule is Cc1cc(-c2nsc3ccc(-n4c(=O)cc(C(F)(F)F)n(C)c4=O)cc23)ccc1OCC(=O)c1ccc(Cl)cc1. The largest absolute Gasteiger partial charge is 0.485 e. The number of benzene rings is 3. The summed E-state index contributed by atoms with van der Waals surface area (Å²) in [7, 11) is 0.965. The topological polar surface area (TPSA) is 83.2 Å². The average molecular weight is 586 g/mol. The van der Waals surface area contributed by atoms with Gasteiger partial charge in [-0.05, 0) is 84.7 Å². The summed E-state index contributed by atoms with van der Waals surface area (Å²) in [4.78, 5) is 37.8. The Labute approximate surface area is 233 Å². The molecular weight excluding hydrogens is 567 g/mol. The minimum Gasteiger partial charge on any atom is -0.485 e. The van der Waals surface area contributed by atoms with Crippen molar-refractivity contribution in [3.05, 3.63) is 109 Å². The van der Waals surface area contributed by atoms with Crippen LogP contribution in [0.25, 0.3) is 27.0 Å². The lowest BCUT2D eigenvalue weighted by Gasteiger charge is -2.14. The molecule has 0 aliphatic heterocycles. The molecule has 2 aromatic heterocycles. The van der Waals surface area contributed by atoms with Gasteiger partial charge in [0, 0.05) is 34.6 Å². The predicted molar refractivity (Wildman–Crippen MR) is 147 cm³/mol. The number of aryl methyl sites for hydroxylation is 1. The summed E-state index contributed by atoms with van der Waals surface area (Å²) in [6.45, 7) is 1.65. The number of nitrogens with zero attached hydrogens (tertiary/aromatic N) is 3. The van der Waals surface area contributed by atoms with Crippen LogP contribution in [0.2, 0.25) is 5.02 Å². The van der Waals surface area contributed by atoms with Crippen molar-refractivity contribution < 1.29 is 22.7 Å². The van der Waals surface area contributed by atoms with Crippen molar-refractivity contribution in [2.24, 2.45) is 7.05 Å². The van der Waals surface area contributed by atoms with Gasteiger partial charge in [-0.15, -0.1) is 0 Å². The zero-order valence-electron chi connectivity index (χ0n) is 21.0. The Balaban J connectivity index is 1.46. The van der Waals surface area contributed by atoms with Gasteiger partial charge in [0.2, 0.25) is 0 Å². The lowest BCUT2D eigenvalue weighted by Crippen LogP contribution is -2.40. The maximum Gasteiger partial charge on any atom is 0.431 e. The van der Waals surface area contributed by atoms with E-state index in [-0.39, 0.29) is 18.1 Å². The van der Waals surface area contributed by atoms with Crippen LogP contribution in [0, 0.1) is 6.92 Å². The number of rotatable bonds is 6. The van der Waals surface area contributed by atoms with Crippen LogP contribution in [-0.2, 0) is 13.2 Å². The Kier molecular flexibility index (Phi) is 7.11. The summed E-state index contributed by atoms with van der Waals surface area (Å²) >= 11 is 7.07. The highest BCUT2D eigenvalue weighted by Crippen LogP contribution is 2.34. The molecule has 2 heterocycles. The maximum absolute atomic E-state index is 13.2. The molecule has 0 aliphatic rings. The Hall–Kier alpha value is -4.22. The van der Waals surface area contributed by atoms with Crippen LogP contribution in [0.1, 0.15) is 21.6 Å². The number of hydrogen-bond donors (Lipinski definition) is 0. The van der Waals surface area contributed by atoms with Gasteiger partial charge in [-0.2, -0.15) is 17.5 Å². The Morgan fingerprint density at radius 2 is 1.75 bits per heavy atom. The van der Waals surface area contributed by atoms with Crippen LogP contribution in [0.5, 0.6) is 5.75 Å². The first-order valence-corrected chi connectivity index (χ1v) is 12.9. The average Bonchev–Trinajstić information content (AvgIpc) is 3.33. The molecule has 0 bridgehead atoms. The number of ether oxygens (including phenoxy) is 1. The monoisotopic (exact) mass is 585 g/mol. The van der Waals surface area contributed by atoms with Gasteiger partial charge < -0.3 is 4.74 Å². The molecule has 0 aliphatic carbocycles. The number of halogens is 4. The second-order valence-corrected chi connectivity index (χ2v) is 10.2. The van der Waals surface area contributed by atoms with E-state index >= 15 is 0 Å². The van der Waals surface area contributed by atoms with Gasteiger partial charge in [0.25, 0.3) is 5.56 Å². The van der Waals surface area contributed by atoms with Crippen molar-refractivity contribution in [3.63, 3.8) is 0 Å². The van der Waals surface area contributed by atoms with Crippen molar-refractivity contribution in [2.45, 2.75) is 13.1 Å². The number of aromatic nitrogens is 3. The minimum absolute atomic E-state index is 0.116. The second-order valence-electron chi connectivity index (χ2n) is 8.95. The van der Waals surface area contributed by atoms with E-state index in [1.807, 2.05) is 13.0 Å². The van der Waals surface area contributed by atoms with Crippen LogP contribution >= 0.6 is 23.1 Å². The van der Waals surface area contributed by atoms with Gasteiger partial charge in [-0.1, -0.05) is 11.6 Å². The van der Waals surface area contributed by atoms with Crippen LogP contribution in [0.3, 0.4) is 0 Å². The highest BCUT2D eigenvalue weighted by atomic mass is 35.5. The third kappa shape index (κ3) is 5.17. The van der Waals surface area contributed by atoms with Crippen LogP contribution in [-0.4, -0.2) is 25.9 Å². The first-order chi connectivity index (χ1) is 18.9. The van der Waals surface area contributed by atoms with Crippen molar-refractivity contribution >= 4 is 39.0 Å².